The fraction of sp³-hybridized carbons (Fsp3) is 0.414. The molecule has 1 amide bonds. The molecular formula is C29H31F3N2O9. The van der Waals surface area contributed by atoms with Gasteiger partial charge in [0, 0.05) is 24.9 Å². The maximum atomic E-state index is 12.7. The molecular weight excluding hydrogens is 577 g/mol. The minimum absolute atomic E-state index is 0.0610. The molecule has 0 saturated carbocycles. The van der Waals surface area contributed by atoms with E-state index in [1.165, 1.54) is 17.7 Å². The van der Waals surface area contributed by atoms with Crippen molar-refractivity contribution in [1.82, 2.24) is 10.2 Å². The van der Waals surface area contributed by atoms with Crippen molar-refractivity contribution in [3.63, 3.8) is 0 Å². The lowest BCUT2D eigenvalue weighted by Crippen LogP contribution is -2.46. The molecule has 0 fully saturated rings. The third-order valence-electron chi connectivity index (χ3n) is 7.60. The second-order valence-corrected chi connectivity index (χ2v) is 10.5. The quantitative estimate of drug-likeness (QED) is 0.358. The van der Waals surface area contributed by atoms with E-state index in [4.69, 9.17) is 24.1 Å². The van der Waals surface area contributed by atoms with Gasteiger partial charge in [0.2, 0.25) is 0 Å². The predicted molar refractivity (Wildman–Crippen MR) is 144 cm³/mol. The summed E-state index contributed by atoms with van der Waals surface area (Å²) in [7, 11) is 3.73. The lowest BCUT2D eigenvalue weighted by atomic mass is 9.69. The summed E-state index contributed by atoms with van der Waals surface area (Å²) in [6.45, 7) is 1.71. The van der Waals surface area contributed by atoms with Crippen molar-refractivity contribution in [2.24, 2.45) is 0 Å². The van der Waals surface area contributed by atoms with Crippen LogP contribution in [0, 0.1) is 0 Å². The number of carboxylic acid groups (broad SMARTS) is 2. The van der Waals surface area contributed by atoms with Crippen molar-refractivity contribution in [3.05, 3.63) is 65.2 Å². The average Bonchev–Trinajstić information content (AvgIpc) is 3.20. The maximum Gasteiger partial charge on any atom is 0.490 e. The van der Waals surface area contributed by atoms with Crippen molar-refractivity contribution < 1.29 is 57.1 Å². The van der Waals surface area contributed by atoms with Crippen molar-refractivity contribution in [2.75, 3.05) is 20.7 Å². The zero-order valence-corrected chi connectivity index (χ0v) is 23.3. The van der Waals surface area contributed by atoms with Gasteiger partial charge in [-0.25, -0.2) is 14.4 Å². The van der Waals surface area contributed by atoms with Crippen LogP contribution in [0.3, 0.4) is 0 Å². The van der Waals surface area contributed by atoms with Gasteiger partial charge < -0.3 is 39.7 Å². The molecule has 2 aromatic carbocycles. The van der Waals surface area contributed by atoms with Gasteiger partial charge in [-0.3, -0.25) is 0 Å². The highest BCUT2D eigenvalue weighted by molar-refractivity contribution is 5.80. The molecule has 3 aliphatic rings. The third-order valence-corrected chi connectivity index (χ3v) is 7.60. The Labute approximate surface area is 244 Å². The highest BCUT2D eigenvalue weighted by Gasteiger charge is 2.53. The summed E-state index contributed by atoms with van der Waals surface area (Å²) < 4.78 is 49.4. The van der Waals surface area contributed by atoms with E-state index in [1.807, 2.05) is 12.1 Å². The summed E-state index contributed by atoms with van der Waals surface area (Å²) in [6, 6.07) is 9.03. The van der Waals surface area contributed by atoms with E-state index in [2.05, 4.69) is 29.4 Å². The van der Waals surface area contributed by atoms with E-state index in [1.54, 1.807) is 19.2 Å². The number of alkyl carbamates (subject to hydrolysis) is 1. The van der Waals surface area contributed by atoms with Gasteiger partial charge in [-0.1, -0.05) is 24.3 Å². The number of halogens is 3. The van der Waals surface area contributed by atoms with Crippen LogP contribution >= 0.6 is 0 Å². The van der Waals surface area contributed by atoms with E-state index < -0.39 is 36.4 Å². The summed E-state index contributed by atoms with van der Waals surface area (Å²) >= 11 is 0. The summed E-state index contributed by atoms with van der Waals surface area (Å²) in [4.78, 5) is 35.6. The van der Waals surface area contributed by atoms with Crippen LogP contribution in [-0.4, -0.2) is 83.4 Å². The number of aliphatic carboxylic acids is 2. The van der Waals surface area contributed by atoms with E-state index >= 15 is 0 Å². The molecule has 4 atom stereocenters. The van der Waals surface area contributed by atoms with E-state index in [0.29, 0.717) is 17.7 Å². The molecule has 5 rings (SSSR count). The van der Waals surface area contributed by atoms with Gasteiger partial charge in [0.15, 0.2) is 11.5 Å². The standard InChI is InChI=1S/C27H30N2O7.C2HF3O2/c1-29-12-11-27-10-9-19(14-22(27)36-24-21(34-2)8-5-17(15-29)23(24)27)35-26(33)28-20(25(31)32)13-16-3-6-18(30)7-4-16;3-2(4,5)1(6)7/h3-10,19-20,22,30H,11-15H2,1-2H3,(H,28,33)(H,31,32);(H,6,7)/t19-,20+,22-,27?;/m0./s1. The number of aromatic hydroxyl groups is 1. The summed E-state index contributed by atoms with van der Waals surface area (Å²) in [5.74, 6) is -2.40. The Hall–Kier alpha value is -4.46. The third kappa shape index (κ3) is 6.96. The first-order valence-corrected chi connectivity index (χ1v) is 13.3. The number of nitrogens with zero attached hydrogens (tertiary/aromatic N) is 1. The smallest absolute Gasteiger partial charge is 0.490 e. The first-order valence-electron chi connectivity index (χ1n) is 13.3. The number of hydrogen-bond donors (Lipinski definition) is 4. The maximum absolute atomic E-state index is 12.7. The van der Waals surface area contributed by atoms with Crippen LogP contribution in [0.25, 0.3) is 0 Å². The molecule has 2 aromatic rings. The number of phenols is 1. The van der Waals surface area contributed by atoms with Gasteiger partial charge in [0.05, 0.1) is 12.5 Å². The first-order chi connectivity index (χ1) is 20.2. The van der Waals surface area contributed by atoms with Gasteiger partial charge in [0.25, 0.3) is 0 Å². The van der Waals surface area contributed by atoms with Gasteiger partial charge >= 0.3 is 24.2 Å². The molecule has 2 heterocycles. The van der Waals surface area contributed by atoms with Crippen molar-refractivity contribution in [1.29, 1.82) is 0 Å². The van der Waals surface area contributed by atoms with Gasteiger partial charge in [-0.15, -0.1) is 0 Å². The summed E-state index contributed by atoms with van der Waals surface area (Å²) in [5, 5.41) is 28.6. The second-order valence-electron chi connectivity index (χ2n) is 10.5. The molecule has 0 aromatic heterocycles. The summed E-state index contributed by atoms with van der Waals surface area (Å²) in [6.07, 6.45) is -1.33. The minimum Gasteiger partial charge on any atom is -0.508 e. The van der Waals surface area contributed by atoms with Crippen molar-refractivity contribution >= 4 is 18.0 Å². The predicted octanol–water partition coefficient (Wildman–Crippen LogP) is 3.62. The number of rotatable bonds is 6. The fourth-order valence-electron chi connectivity index (χ4n) is 5.53. The van der Waals surface area contributed by atoms with Gasteiger partial charge in [-0.05, 0) is 55.4 Å². The Morgan fingerprint density at radius 2 is 1.84 bits per heavy atom. The molecule has 0 bridgehead atoms. The fourth-order valence-corrected chi connectivity index (χ4v) is 5.53. The van der Waals surface area contributed by atoms with E-state index in [0.717, 1.165) is 30.8 Å². The van der Waals surface area contributed by atoms with Crippen LogP contribution in [0.1, 0.15) is 29.5 Å². The molecule has 14 heteroatoms. The van der Waals surface area contributed by atoms with Crippen LogP contribution in [0.5, 0.6) is 17.2 Å². The number of alkyl halides is 3. The lowest BCUT2D eigenvalue weighted by Gasteiger charge is -2.36. The topological polar surface area (TPSA) is 155 Å². The normalized spacial score (nSPS) is 22.8. The summed E-state index contributed by atoms with van der Waals surface area (Å²) in [5.41, 5.74) is 2.69. The number of ether oxygens (including phenoxy) is 3. The van der Waals surface area contributed by atoms with Crippen LogP contribution in [0.2, 0.25) is 0 Å². The van der Waals surface area contributed by atoms with Crippen molar-refractivity contribution in [3.8, 4) is 17.2 Å². The molecule has 4 N–H and O–H groups in total. The Balaban J connectivity index is 0.000000541. The molecule has 2 aliphatic heterocycles. The highest BCUT2D eigenvalue weighted by Crippen LogP contribution is 2.55. The van der Waals surface area contributed by atoms with Crippen molar-refractivity contribution in [2.45, 2.75) is 55.6 Å². The Morgan fingerprint density at radius 1 is 1.16 bits per heavy atom. The SMILES string of the molecule is COc1ccc2c3c1O[C@H]1C[C@@H](OC(=O)N[C@H](Cc4ccc(O)cc4)C(=O)O)C=CC31CCN(C)C2.O=C(O)C(F)(F)F. The molecule has 11 nitrogen and oxygen atoms in total. The minimum atomic E-state index is -5.08. The average molecular weight is 609 g/mol. The van der Waals surface area contributed by atoms with E-state index in [9.17, 15) is 33.0 Å². The molecule has 1 unspecified atom stereocenters. The number of phenolic OH excluding ortho intramolecular Hbond substituents is 1. The number of carbonyl (C=O) groups is 3. The zero-order chi connectivity index (χ0) is 31.5. The van der Waals surface area contributed by atoms with Crippen LogP contribution < -0.4 is 14.8 Å². The second kappa shape index (κ2) is 12.4. The molecule has 0 saturated heterocycles. The number of amides is 1. The lowest BCUT2D eigenvalue weighted by molar-refractivity contribution is -0.192. The Bertz CT molecular complexity index is 1400. The monoisotopic (exact) mass is 608 g/mol. The van der Waals surface area contributed by atoms with Crippen LogP contribution in [-0.2, 0) is 32.7 Å². The highest BCUT2D eigenvalue weighted by atomic mass is 19.4. The number of benzene rings is 2. The van der Waals surface area contributed by atoms with Crippen LogP contribution in [0.15, 0.2) is 48.6 Å². The zero-order valence-electron chi connectivity index (χ0n) is 23.3. The largest absolute Gasteiger partial charge is 0.508 e. The molecule has 43 heavy (non-hydrogen) atoms. The Kier molecular flexibility index (Phi) is 9.09. The number of carbonyl (C=O) groups excluding carboxylic acids is 1. The Morgan fingerprint density at radius 3 is 2.44 bits per heavy atom. The van der Waals surface area contributed by atoms with Gasteiger partial charge in [-0.2, -0.15) is 13.2 Å². The molecule has 1 spiro atoms. The first kappa shape index (κ1) is 31.5. The molecule has 0 radical (unpaired) electrons. The molecule has 232 valence electrons. The number of methoxy groups -OCH3 is 1. The molecule has 1 aliphatic carbocycles. The van der Waals surface area contributed by atoms with E-state index in [-0.39, 0.29) is 23.7 Å². The number of hydrogen-bond acceptors (Lipinski definition) is 8. The number of carboxylic acids is 2. The number of nitrogens with one attached hydrogen (secondary N) is 1. The van der Waals surface area contributed by atoms with Crippen LogP contribution in [0.4, 0.5) is 18.0 Å². The van der Waals surface area contributed by atoms with Gasteiger partial charge in [0.1, 0.15) is 24.0 Å².